The van der Waals surface area contributed by atoms with Crippen LogP contribution in [0.15, 0.2) is 53.7 Å². The molecule has 2 aromatic heterocycles. The van der Waals surface area contributed by atoms with Gasteiger partial charge in [0.2, 0.25) is 0 Å². The molecular weight excluding hydrogens is 358 g/mol. The van der Waals surface area contributed by atoms with E-state index in [0.29, 0.717) is 30.6 Å². The maximum Gasteiger partial charge on any atom is 0.178 e. The Hall–Kier alpha value is -2.65. The van der Waals surface area contributed by atoms with Crippen molar-refractivity contribution < 1.29 is 8.42 Å². The monoisotopic (exact) mass is 381 g/mol. The third-order valence-electron chi connectivity index (χ3n) is 4.68. The van der Waals surface area contributed by atoms with Crippen LogP contribution >= 0.6 is 0 Å². The van der Waals surface area contributed by atoms with Crippen LogP contribution in [-0.4, -0.2) is 23.6 Å². The highest BCUT2D eigenvalue weighted by molar-refractivity contribution is 7.91. The molecule has 0 amide bonds. The zero-order chi connectivity index (χ0) is 19.3. The van der Waals surface area contributed by atoms with Gasteiger partial charge in [-0.25, -0.2) is 8.42 Å². The van der Waals surface area contributed by atoms with Crippen LogP contribution in [0.3, 0.4) is 0 Å². The van der Waals surface area contributed by atoms with Crippen LogP contribution in [0.2, 0.25) is 0 Å². The zero-order valence-corrected chi connectivity index (χ0v) is 16.2. The summed E-state index contributed by atoms with van der Waals surface area (Å²) in [6.45, 7) is 1.99. The minimum absolute atomic E-state index is 0.194. The van der Waals surface area contributed by atoms with Crippen molar-refractivity contribution in [3.8, 4) is 6.07 Å². The van der Waals surface area contributed by atoms with Crippen molar-refractivity contribution in [2.45, 2.75) is 43.9 Å². The molecule has 0 atom stereocenters. The molecule has 5 nitrogen and oxygen atoms in total. The summed E-state index contributed by atoms with van der Waals surface area (Å²) in [5, 5.41) is 8.94. The molecule has 0 N–H and O–H groups in total. The van der Waals surface area contributed by atoms with Crippen molar-refractivity contribution in [3.63, 3.8) is 0 Å². The van der Waals surface area contributed by atoms with Gasteiger partial charge in [-0.05, 0) is 49.1 Å². The molecule has 0 spiro atoms. The van der Waals surface area contributed by atoms with Gasteiger partial charge in [-0.3, -0.25) is 4.98 Å². The molecule has 1 aromatic carbocycles. The van der Waals surface area contributed by atoms with Crippen LogP contribution in [-0.2, 0) is 29.1 Å². The van der Waals surface area contributed by atoms with Gasteiger partial charge in [0.05, 0.1) is 34.3 Å². The molecule has 0 aliphatic rings. The third-order valence-corrected chi connectivity index (χ3v) is 6.48. The molecule has 0 saturated carbocycles. The van der Waals surface area contributed by atoms with Gasteiger partial charge in [-0.1, -0.05) is 25.5 Å². The first-order valence-corrected chi connectivity index (χ1v) is 10.8. The minimum Gasteiger partial charge on any atom is -0.317 e. The summed E-state index contributed by atoms with van der Waals surface area (Å²) in [4.78, 5) is 4.89. The number of nitriles is 1. The van der Waals surface area contributed by atoms with Crippen molar-refractivity contribution in [3.05, 3.63) is 65.7 Å². The highest BCUT2D eigenvalue weighted by atomic mass is 32.2. The quantitative estimate of drug-likeness (QED) is 0.595. The molecule has 140 valence electrons. The second-order valence-corrected chi connectivity index (χ2v) is 8.72. The summed E-state index contributed by atoms with van der Waals surface area (Å²) >= 11 is 0. The summed E-state index contributed by atoms with van der Waals surface area (Å²) in [5.41, 5.74) is 3.87. The summed E-state index contributed by atoms with van der Waals surface area (Å²) in [5.74, 6) is 0.194. The number of benzene rings is 1. The number of aryl methyl sites for hydroxylation is 2. The zero-order valence-electron chi connectivity index (χ0n) is 15.4. The standard InChI is InChI=1S/C21H23N3O2S/c1-2-3-15-27(25,26)19-6-4-5-17(16-19)7-9-20-21-10-8-18(11-12-22)24(21)14-13-23-20/h4-6,8,10,13-14,16H,2-3,7,9,11,15H2,1H3. The minimum atomic E-state index is -3.22. The Balaban J connectivity index is 1.79. The smallest absolute Gasteiger partial charge is 0.178 e. The number of nitrogens with zero attached hydrogens (tertiary/aromatic N) is 3. The van der Waals surface area contributed by atoms with Gasteiger partial charge in [0.1, 0.15) is 0 Å². The number of rotatable bonds is 8. The van der Waals surface area contributed by atoms with E-state index < -0.39 is 9.84 Å². The Bertz CT molecular complexity index is 1080. The lowest BCUT2D eigenvalue weighted by molar-refractivity contribution is 0.592. The molecule has 27 heavy (non-hydrogen) atoms. The fourth-order valence-corrected chi connectivity index (χ4v) is 4.71. The number of hydrogen-bond acceptors (Lipinski definition) is 4. The lowest BCUT2D eigenvalue weighted by Gasteiger charge is -2.08. The van der Waals surface area contributed by atoms with Crippen LogP contribution in [0.4, 0.5) is 0 Å². The molecular formula is C21H23N3O2S. The summed E-state index contributed by atoms with van der Waals surface area (Å²) in [6, 6.07) is 13.3. The number of fused-ring (bicyclic) bond motifs is 1. The van der Waals surface area contributed by atoms with Crippen LogP contribution in [0.25, 0.3) is 5.52 Å². The van der Waals surface area contributed by atoms with E-state index in [1.807, 2.05) is 41.8 Å². The van der Waals surface area contributed by atoms with Gasteiger partial charge >= 0.3 is 0 Å². The van der Waals surface area contributed by atoms with Crippen molar-refractivity contribution in [1.82, 2.24) is 9.38 Å². The number of hydrogen-bond donors (Lipinski definition) is 0. The van der Waals surface area contributed by atoms with Crippen LogP contribution in [0, 0.1) is 11.3 Å². The molecule has 2 heterocycles. The number of sulfone groups is 1. The van der Waals surface area contributed by atoms with Crippen LogP contribution in [0.1, 0.15) is 36.7 Å². The Morgan fingerprint density at radius 1 is 1.19 bits per heavy atom. The van der Waals surface area contributed by atoms with Gasteiger partial charge in [0, 0.05) is 18.1 Å². The average molecular weight is 382 g/mol. The summed E-state index contributed by atoms with van der Waals surface area (Å²) in [7, 11) is -3.22. The third kappa shape index (κ3) is 4.37. The van der Waals surface area contributed by atoms with E-state index in [9.17, 15) is 8.42 Å². The molecule has 0 radical (unpaired) electrons. The molecule has 0 bridgehead atoms. The molecule has 0 saturated heterocycles. The Morgan fingerprint density at radius 3 is 2.81 bits per heavy atom. The van der Waals surface area contributed by atoms with Crippen molar-refractivity contribution >= 4 is 15.4 Å². The van der Waals surface area contributed by atoms with E-state index in [2.05, 4.69) is 11.1 Å². The largest absolute Gasteiger partial charge is 0.317 e. The van der Waals surface area contributed by atoms with E-state index in [1.165, 1.54) is 0 Å². The molecule has 0 aliphatic heterocycles. The van der Waals surface area contributed by atoms with Crippen molar-refractivity contribution in [2.24, 2.45) is 0 Å². The lowest BCUT2D eigenvalue weighted by atomic mass is 10.1. The fraction of sp³-hybridized carbons (Fsp3) is 0.333. The number of aromatic nitrogens is 2. The van der Waals surface area contributed by atoms with E-state index >= 15 is 0 Å². The maximum atomic E-state index is 12.4. The van der Waals surface area contributed by atoms with E-state index in [4.69, 9.17) is 5.26 Å². The average Bonchev–Trinajstić information content (AvgIpc) is 3.09. The predicted molar refractivity (Wildman–Crippen MR) is 105 cm³/mol. The highest BCUT2D eigenvalue weighted by Crippen LogP contribution is 2.18. The van der Waals surface area contributed by atoms with E-state index in [1.54, 1.807) is 18.3 Å². The van der Waals surface area contributed by atoms with Crippen LogP contribution < -0.4 is 0 Å². The molecule has 0 unspecified atom stereocenters. The molecule has 0 aliphatic carbocycles. The highest BCUT2D eigenvalue weighted by Gasteiger charge is 2.14. The lowest BCUT2D eigenvalue weighted by Crippen LogP contribution is -2.07. The van der Waals surface area contributed by atoms with Gasteiger partial charge < -0.3 is 4.40 Å². The first-order chi connectivity index (χ1) is 13.0. The van der Waals surface area contributed by atoms with Crippen molar-refractivity contribution in [1.29, 1.82) is 5.26 Å². The molecule has 0 fully saturated rings. The van der Waals surface area contributed by atoms with Gasteiger partial charge in [0.25, 0.3) is 0 Å². The second kappa shape index (κ2) is 8.36. The van der Waals surface area contributed by atoms with Crippen LogP contribution in [0.5, 0.6) is 0 Å². The van der Waals surface area contributed by atoms with E-state index in [0.717, 1.165) is 28.9 Å². The SMILES string of the molecule is CCCCS(=O)(=O)c1cccc(CCc2nccn3c(CC#N)ccc23)c1. The van der Waals surface area contributed by atoms with Gasteiger partial charge in [-0.2, -0.15) is 5.26 Å². The molecule has 3 aromatic rings. The first kappa shape index (κ1) is 19.1. The molecule has 3 rings (SSSR count). The Kier molecular flexibility index (Phi) is 5.92. The first-order valence-electron chi connectivity index (χ1n) is 9.17. The summed E-state index contributed by atoms with van der Waals surface area (Å²) < 4.78 is 26.8. The van der Waals surface area contributed by atoms with Crippen molar-refractivity contribution in [2.75, 3.05) is 5.75 Å². The Labute approximate surface area is 160 Å². The molecule has 6 heteroatoms. The Morgan fingerprint density at radius 2 is 2.04 bits per heavy atom. The second-order valence-electron chi connectivity index (χ2n) is 6.61. The maximum absolute atomic E-state index is 12.4. The number of unbranched alkanes of at least 4 members (excludes halogenated alkanes) is 1. The fourth-order valence-electron chi connectivity index (χ4n) is 3.18. The predicted octanol–water partition coefficient (Wildman–Crippen LogP) is 3.76. The van der Waals surface area contributed by atoms with Gasteiger partial charge in [0.15, 0.2) is 9.84 Å². The normalized spacial score (nSPS) is 11.6. The topological polar surface area (TPSA) is 75.2 Å². The van der Waals surface area contributed by atoms with Gasteiger partial charge in [-0.15, -0.1) is 0 Å². The summed E-state index contributed by atoms with van der Waals surface area (Å²) in [6.07, 6.45) is 6.93. The van der Waals surface area contributed by atoms with E-state index in [-0.39, 0.29) is 5.75 Å².